The van der Waals surface area contributed by atoms with Gasteiger partial charge in [0.05, 0.1) is 0 Å². The molecule has 82 valence electrons. The number of halogens is 2. The van der Waals surface area contributed by atoms with Gasteiger partial charge in [0, 0.05) is 6.54 Å². The molecular formula is C9H11BrClN3S. The van der Waals surface area contributed by atoms with Crippen LogP contribution in [0.25, 0.3) is 5.57 Å². The van der Waals surface area contributed by atoms with E-state index in [9.17, 15) is 0 Å². The highest BCUT2D eigenvalue weighted by Crippen LogP contribution is 2.38. The largest absolute Gasteiger partial charge is 0.316 e. The zero-order chi connectivity index (χ0) is 9.54. The minimum absolute atomic E-state index is 0. The van der Waals surface area contributed by atoms with Gasteiger partial charge in [0.2, 0.25) is 4.73 Å². The van der Waals surface area contributed by atoms with E-state index in [-0.39, 0.29) is 12.4 Å². The van der Waals surface area contributed by atoms with Crippen LogP contribution in [0.2, 0.25) is 0 Å². The summed E-state index contributed by atoms with van der Waals surface area (Å²) in [4.78, 5) is 4.36. The lowest BCUT2D eigenvalue weighted by Gasteiger charge is -2.04. The molecular weight excluding hydrogens is 298 g/mol. The van der Waals surface area contributed by atoms with E-state index in [2.05, 4.69) is 36.7 Å². The van der Waals surface area contributed by atoms with Crippen LogP contribution in [0.15, 0.2) is 10.8 Å². The van der Waals surface area contributed by atoms with Crippen molar-refractivity contribution in [2.75, 3.05) is 13.1 Å². The molecule has 1 saturated heterocycles. The van der Waals surface area contributed by atoms with E-state index in [1.165, 1.54) is 23.5 Å². The molecule has 3 rings (SSSR count). The van der Waals surface area contributed by atoms with Gasteiger partial charge in [0.1, 0.15) is 5.01 Å². The highest BCUT2D eigenvalue weighted by molar-refractivity contribution is 9.10. The molecule has 2 atom stereocenters. The average molecular weight is 309 g/mol. The van der Waals surface area contributed by atoms with Crippen molar-refractivity contribution < 1.29 is 0 Å². The zero-order valence-corrected chi connectivity index (χ0v) is 11.2. The molecule has 1 fully saturated rings. The molecule has 2 aliphatic rings. The summed E-state index contributed by atoms with van der Waals surface area (Å²) in [6.45, 7) is 2.29. The summed E-state index contributed by atoms with van der Waals surface area (Å²) < 4.78 is 4.86. The van der Waals surface area contributed by atoms with Gasteiger partial charge in [0.15, 0.2) is 0 Å². The number of nitrogens with one attached hydrogen (secondary N) is 1. The lowest BCUT2D eigenvalue weighted by Crippen LogP contribution is -2.09. The Labute approximate surface area is 107 Å². The first-order chi connectivity index (χ1) is 6.83. The second kappa shape index (κ2) is 4.49. The number of rotatable bonds is 1. The van der Waals surface area contributed by atoms with Gasteiger partial charge in [-0.2, -0.15) is 4.37 Å². The molecule has 0 aromatic carbocycles. The molecule has 0 saturated carbocycles. The fraction of sp³-hybridized carbons (Fsp3) is 0.556. The van der Waals surface area contributed by atoms with Gasteiger partial charge >= 0.3 is 0 Å². The molecule has 1 aromatic rings. The highest BCUT2D eigenvalue weighted by Gasteiger charge is 2.32. The fourth-order valence-corrected chi connectivity index (χ4v) is 3.39. The van der Waals surface area contributed by atoms with Gasteiger partial charge in [-0.3, -0.25) is 0 Å². The van der Waals surface area contributed by atoms with Crippen LogP contribution in [0.3, 0.4) is 0 Å². The standard InChI is InChI=1S/C9H10BrN3S.ClH/c10-9-12-8(14-13-9)5-1-6-3-11-4-7(6)2-5;/h1,6-7,11H,2-4H2;1H/t6-,7+;/m0./s1. The van der Waals surface area contributed by atoms with Crippen molar-refractivity contribution in [3.8, 4) is 0 Å². The van der Waals surface area contributed by atoms with Gasteiger partial charge in [-0.1, -0.05) is 6.08 Å². The number of hydrogen-bond donors (Lipinski definition) is 1. The summed E-state index contributed by atoms with van der Waals surface area (Å²) in [5, 5.41) is 4.50. The molecule has 1 aliphatic heterocycles. The Bertz CT molecular complexity index is 392. The van der Waals surface area contributed by atoms with Gasteiger partial charge in [-0.25, -0.2) is 4.98 Å². The number of allylic oxidation sites excluding steroid dienone is 1. The van der Waals surface area contributed by atoms with Gasteiger partial charge < -0.3 is 5.32 Å². The van der Waals surface area contributed by atoms with Crippen molar-refractivity contribution in [1.29, 1.82) is 0 Å². The Kier molecular flexibility index (Phi) is 3.45. The van der Waals surface area contributed by atoms with Gasteiger partial charge in [-0.15, -0.1) is 12.4 Å². The van der Waals surface area contributed by atoms with Crippen LogP contribution in [-0.2, 0) is 0 Å². The Morgan fingerprint density at radius 1 is 1.47 bits per heavy atom. The van der Waals surface area contributed by atoms with Crippen molar-refractivity contribution in [1.82, 2.24) is 14.7 Å². The van der Waals surface area contributed by atoms with Gasteiger partial charge in [0.25, 0.3) is 0 Å². The topological polar surface area (TPSA) is 37.8 Å². The van der Waals surface area contributed by atoms with Crippen molar-refractivity contribution in [3.05, 3.63) is 15.8 Å². The minimum atomic E-state index is 0. The third kappa shape index (κ3) is 2.11. The summed E-state index contributed by atoms with van der Waals surface area (Å²) in [7, 11) is 0. The molecule has 0 radical (unpaired) electrons. The minimum Gasteiger partial charge on any atom is -0.316 e. The first-order valence-electron chi connectivity index (χ1n) is 4.74. The van der Waals surface area contributed by atoms with Crippen LogP contribution in [0.1, 0.15) is 11.4 Å². The quantitative estimate of drug-likeness (QED) is 0.865. The summed E-state index contributed by atoms with van der Waals surface area (Å²) in [6, 6.07) is 0. The Morgan fingerprint density at radius 3 is 3.00 bits per heavy atom. The molecule has 1 aliphatic carbocycles. The lowest BCUT2D eigenvalue weighted by molar-refractivity contribution is 0.536. The smallest absolute Gasteiger partial charge is 0.209 e. The van der Waals surface area contributed by atoms with E-state index in [0.717, 1.165) is 29.9 Å². The van der Waals surface area contributed by atoms with E-state index in [0.29, 0.717) is 4.73 Å². The number of nitrogens with zero attached hydrogens (tertiary/aromatic N) is 2. The average Bonchev–Trinajstić information content (AvgIpc) is 2.75. The molecule has 3 nitrogen and oxygen atoms in total. The molecule has 0 spiro atoms. The normalized spacial score (nSPS) is 28.5. The summed E-state index contributed by atoms with van der Waals surface area (Å²) in [6.07, 6.45) is 3.54. The van der Waals surface area contributed by atoms with Crippen molar-refractivity contribution in [2.24, 2.45) is 11.8 Å². The molecule has 0 amide bonds. The first-order valence-corrected chi connectivity index (χ1v) is 6.30. The van der Waals surface area contributed by atoms with Crippen molar-refractivity contribution in [3.63, 3.8) is 0 Å². The maximum atomic E-state index is 4.36. The van der Waals surface area contributed by atoms with Crippen molar-refractivity contribution in [2.45, 2.75) is 6.42 Å². The molecule has 0 unspecified atom stereocenters. The second-order valence-electron chi connectivity index (χ2n) is 3.85. The molecule has 2 heterocycles. The summed E-state index contributed by atoms with van der Waals surface area (Å²) >= 11 is 4.78. The van der Waals surface area contributed by atoms with Crippen LogP contribution in [0, 0.1) is 11.8 Å². The SMILES string of the molecule is Brc1nsc(C2=C[C@H]3CNC[C@H]3C2)n1.Cl. The van der Waals surface area contributed by atoms with E-state index < -0.39 is 0 Å². The Hall–Kier alpha value is 0.0300. The third-order valence-electron chi connectivity index (χ3n) is 2.97. The highest BCUT2D eigenvalue weighted by atomic mass is 79.9. The van der Waals surface area contributed by atoms with E-state index in [1.54, 1.807) is 0 Å². The summed E-state index contributed by atoms with van der Waals surface area (Å²) in [5.41, 5.74) is 1.39. The molecule has 15 heavy (non-hydrogen) atoms. The fourth-order valence-electron chi connectivity index (χ4n) is 2.28. The molecule has 1 N–H and O–H groups in total. The number of fused-ring (bicyclic) bond motifs is 1. The van der Waals surface area contributed by atoms with Crippen LogP contribution in [0.4, 0.5) is 0 Å². The zero-order valence-electron chi connectivity index (χ0n) is 7.94. The third-order valence-corrected chi connectivity index (χ3v) is 4.35. The first kappa shape index (κ1) is 11.5. The van der Waals surface area contributed by atoms with E-state index in [4.69, 9.17) is 0 Å². The molecule has 1 aromatic heterocycles. The Balaban J connectivity index is 0.000000853. The maximum Gasteiger partial charge on any atom is 0.209 e. The van der Waals surface area contributed by atoms with Crippen LogP contribution < -0.4 is 5.32 Å². The molecule has 0 bridgehead atoms. The van der Waals surface area contributed by atoms with Crippen molar-refractivity contribution >= 4 is 45.4 Å². The van der Waals surface area contributed by atoms with Crippen LogP contribution in [-0.4, -0.2) is 22.4 Å². The predicted octanol–water partition coefficient (Wildman–Crippen LogP) is 2.35. The second-order valence-corrected chi connectivity index (χ2v) is 5.31. The predicted molar refractivity (Wildman–Crippen MR) is 67.3 cm³/mol. The van der Waals surface area contributed by atoms with E-state index >= 15 is 0 Å². The van der Waals surface area contributed by atoms with Gasteiger partial charge in [-0.05, 0) is 57.8 Å². The maximum absolute atomic E-state index is 4.36. The number of hydrogen-bond acceptors (Lipinski definition) is 4. The summed E-state index contributed by atoms with van der Waals surface area (Å²) in [5.74, 6) is 1.53. The molecule has 6 heteroatoms. The van der Waals surface area contributed by atoms with E-state index in [1.807, 2.05) is 0 Å². The lowest BCUT2D eigenvalue weighted by atomic mass is 10.00. The van der Waals surface area contributed by atoms with Crippen LogP contribution >= 0.6 is 39.9 Å². The van der Waals surface area contributed by atoms with Crippen LogP contribution in [0.5, 0.6) is 0 Å². The Morgan fingerprint density at radius 2 is 2.33 bits per heavy atom. The monoisotopic (exact) mass is 307 g/mol. The number of aromatic nitrogens is 2.